The van der Waals surface area contributed by atoms with Crippen molar-refractivity contribution in [2.24, 2.45) is 0 Å². The van der Waals surface area contributed by atoms with Gasteiger partial charge in [-0.25, -0.2) is 0 Å². The van der Waals surface area contributed by atoms with E-state index < -0.39 is 0 Å². The van der Waals surface area contributed by atoms with Crippen molar-refractivity contribution < 1.29 is 4.74 Å². The maximum atomic E-state index is 5.51. The molecule has 1 aromatic rings. The Balaban J connectivity index is 2.09. The summed E-state index contributed by atoms with van der Waals surface area (Å²) >= 11 is 0. The molecule has 0 aromatic heterocycles. The van der Waals surface area contributed by atoms with Crippen LogP contribution in [0.15, 0.2) is 24.3 Å². The van der Waals surface area contributed by atoms with Gasteiger partial charge in [-0.15, -0.1) is 0 Å². The van der Waals surface area contributed by atoms with Crippen molar-refractivity contribution >= 4 is 5.69 Å². The van der Waals surface area contributed by atoms with Gasteiger partial charge in [0.1, 0.15) is 0 Å². The first-order chi connectivity index (χ1) is 9.09. The van der Waals surface area contributed by atoms with Crippen LogP contribution in [0.1, 0.15) is 32.3 Å². The summed E-state index contributed by atoms with van der Waals surface area (Å²) in [4.78, 5) is 2.12. The Labute approximate surface area is 118 Å². The fourth-order valence-electron chi connectivity index (χ4n) is 1.82. The van der Waals surface area contributed by atoms with Gasteiger partial charge in [0.15, 0.2) is 0 Å². The maximum absolute atomic E-state index is 5.51. The number of nitrogens with one attached hydrogen (secondary N) is 1. The number of anilines is 1. The van der Waals surface area contributed by atoms with Crippen LogP contribution in [-0.4, -0.2) is 33.4 Å². The van der Waals surface area contributed by atoms with E-state index in [1.807, 2.05) is 0 Å². The Bertz CT molecular complexity index is 333. The summed E-state index contributed by atoms with van der Waals surface area (Å²) in [5, 5.41) is 3.47. The highest BCUT2D eigenvalue weighted by molar-refractivity contribution is 5.45. The number of ether oxygens (including phenoxy) is 1. The van der Waals surface area contributed by atoms with Gasteiger partial charge < -0.3 is 15.0 Å². The smallest absolute Gasteiger partial charge is 0.0518 e. The topological polar surface area (TPSA) is 24.5 Å². The number of hydrogen-bond acceptors (Lipinski definition) is 3. The highest BCUT2D eigenvalue weighted by atomic mass is 16.5. The third-order valence-electron chi connectivity index (χ3n) is 2.98. The van der Waals surface area contributed by atoms with Crippen LogP contribution in [-0.2, 0) is 11.3 Å². The van der Waals surface area contributed by atoms with Crippen molar-refractivity contribution in [1.82, 2.24) is 5.32 Å². The van der Waals surface area contributed by atoms with Gasteiger partial charge in [0.05, 0.1) is 6.10 Å². The SMILES string of the molecule is CC(C)OCCCCNCc1ccc(N(C)C)cc1. The highest BCUT2D eigenvalue weighted by Gasteiger charge is 1.97. The lowest BCUT2D eigenvalue weighted by atomic mass is 10.2. The molecule has 19 heavy (non-hydrogen) atoms. The summed E-state index contributed by atoms with van der Waals surface area (Å²) in [7, 11) is 4.12. The number of nitrogens with zero attached hydrogens (tertiary/aromatic N) is 1. The lowest BCUT2D eigenvalue weighted by Gasteiger charge is -2.13. The number of rotatable bonds is 9. The van der Waals surface area contributed by atoms with Crippen molar-refractivity contribution in [3.8, 4) is 0 Å². The molecule has 0 heterocycles. The van der Waals surface area contributed by atoms with Gasteiger partial charge in [-0.2, -0.15) is 0 Å². The molecule has 0 amide bonds. The molecule has 0 unspecified atom stereocenters. The monoisotopic (exact) mass is 264 g/mol. The fourth-order valence-corrected chi connectivity index (χ4v) is 1.82. The zero-order chi connectivity index (χ0) is 14.1. The molecule has 0 bridgehead atoms. The molecule has 1 N–H and O–H groups in total. The van der Waals surface area contributed by atoms with E-state index in [4.69, 9.17) is 4.74 Å². The standard InChI is InChI=1S/C16H28N2O/c1-14(2)19-12-6-5-11-17-13-15-7-9-16(10-8-15)18(3)4/h7-10,14,17H,5-6,11-13H2,1-4H3. The Morgan fingerprint density at radius 3 is 2.37 bits per heavy atom. The van der Waals surface area contributed by atoms with E-state index >= 15 is 0 Å². The minimum Gasteiger partial charge on any atom is -0.379 e. The van der Waals surface area contributed by atoms with Crippen LogP contribution in [0.5, 0.6) is 0 Å². The predicted molar refractivity (Wildman–Crippen MR) is 82.8 cm³/mol. The average molecular weight is 264 g/mol. The van der Waals surface area contributed by atoms with E-state index in [9.17, 15) is 0 Å². The minimum atomic E-state index is 0.350. The molecule has 3 nitrogen and oxygen atoms in total. The maximum Gasteiger partial charge on any atom is 0.0518 e. The zero-order valence-corrected chi connectivity index (χ0v) is 12.8. The second-order valence-corrected chi connectivity index (χ2v) is 5.36. The summed E-state index contributed by atoms with van der Waals surface area (Å²) in [6.45, 7) is 7.03. The Morgan fingerprint density at radius 2 is 1.79 bits per heavy atom. The van der Waals surface area contributed by atoms with Gasteiger partial charge in [0.2, 0.25) is 0 Å². The second kappa shape index (κ2) is 8.94. The summed E-state index contributed by atoms with van der Waals surface area (Å²) in [6, 6.07) is 8.69. The molecule has 0 saturated heterocycles. The molecule has 0 spiro atoms. The summed E-state index contributed by atoms with van der Waals surface area (Å²) < 4.78 is 5.51. The van der Waals surface area contributed by atoms with Crippen LogP contribution in [0.4, 0.5) is 5.69 Å². The van der Waals surface area contributed by atoms with Crippen LogP contribution in [0.25, 0.3) is 0 Å². The third-order valence-corrected chi connectivity index (χ3v) is 2.98. The molecular formula is C16H28N2O. The fraction of sp³-hybridized carbons (Fsp3) is 0.625. The van der Waals surface area contributed by atoms with Crippen LogP contribution >= 0.6 is 0 Å². The minimum absolute atomic E-state index is 0.350. The molecule has 1 rings (SSSR count). The molecule has 0 aliphatic heterocycles. The predicted octanol–water partition coefficient (Wildman–Crippen LogP) is 3.05. The zero-order valence-electron chi connectivity index (χ0n) is 12.8. The van der Waals surface area contributed by atoms with Gasteiger partial charge >= 0.3 is 0 Å². The van der Waals surface area contributed by atoms with Crippen molar-refractivity contribution in [2.75, 3.05) is 32.1 Å². The largest absolute Gasteiger partial charge is 0.379 e. The van der Waals surface area contributed by atoms with Gasteiger partial charge in [-0.05, 0) is 50.9 Å². The van der Waals surface area contributed by atoms with Gasteiger partial charge in [0, 0.05) is 32.9 Å². The van der Waals surface area contributed by atoms with E-state index in [2.05, 4.69) is 62.4 Å². The van der Waals surface area contributed by atoms with Gasteiger partial charge in [-0.1, -0.05) is 12.1 Å². The van der Waals surface area contributed by atoms with Crippen molar-refractivity contribution in [3.63, 3.8) is 0 Å². The molecule has 0 radical (unpaired) electrons. The van der Waals surface area contributed by atoms with Gasteiger partial charge in [0.25, 0.3) is 0 Å². The lowest BCUT2D eigenvalue weighted by molar-refractivity contribution is 0.0760. The highest BCUT2D eigenvalue weighted by Crippen LogP contribution is 2.11. The van der Waals surface area contributed by atoms with Crippen LogP contribution in [0.2, 0.25) is 0 Å². The molecule has 0 atom stereocenters. The van der Waals surface area contributed by atoms with Crippen LogP contribution < -0.4 is 10.2 Å². The molecule has 108 valence electrons. The first-order valence-corrected chi connectivity index (χ1v) is 7.18. The van der Waals surface area contributed by atoms with E-state index in [1.165, 1.54) is 17.7 Å². The first kappa shape index (κ1) is 16.0. The van der Waals surface area contributed by atoms with Crippen molar-refractivity contribution in [1.29, 1.82) is 0 Å². The number of benzene rings is 1. The van der Waals surface area contributed by atoms with E-state index in [0.717, 1.165) is 26.1 Å². The first-order valence-electron chi connectivity index (χ1n) is 7.18. The second-order valence-electron chi connectivity index (χ2n) is 5.36. The van der Waals surface area contributed by atoms with E-state index in [-0.39, 0.29) is 0 Å². The Kier molecular flexibility index (Phi) is 7.53. The quantitative estimate of drug-likeness (QED) is 0.694. The molecule has 0 fully saturated rings. The molecule has 0 aliphatic rings. The van der Waals surface area contributed by atoms with Crippen molar-refractivity contribution in [3.05, 3.63) is 29.8 Å². The Morgan fingerprint density at radius 1 is 1.11 bits per heavy atom. The molecule has 1 aromatic carbocycles. The van der Waals surface area contributed by atoms with E-state index in [0.29, 0.717) is 6.10 Å². The average Bonchev–Trinajstić information content (AvgIpc) is 2.38. The summed E-state index contributed by atoms with van der Waals surface area (Å²) in [5.41, 5.74) is 2.58. The van der Waals surface area contributed by atoms with Crippen molar-refractivity contribution in [2.45, 2.75) is 39.3 Å². The number of unbranched alkanes of at least 4 members (excludes halogenated alkanes) is 1. The van der Waals surface area contributed by atoms with Crippen LogP contribution in [0.3, 0.4) is 0 Å². The van der Waals surface area contributed by atoms with E-state index in [1.54, 1.807) is 0 Å². The molecule has 0 saturated carbocycles. The van der Waals surface area contributed by atoms with Crippen LogP contribution in [0, 0.1) is 0 Å². The Hall–Kier alpha value is -1.06. The third kappa shape index (κ3) is 7.19. The summed E-state index contributed by atoms with van der Waals surface area (Å²) in [6.07, 6.45) is 2.65. The normalized spacial score (nSPS) is 11.0. The molecule has 0 aliphatic carbocycles. The summed E-state index contributed by atoms with van der Waals surface area (Å²) in [5.74, 6) is 0. The lowest BCUT2D eigenvalue weighted by Crippen LogP contribution is -2.16. The molecular weight excluding hydrogens is 236 g/mol. The van der Waals surface area contributed by atoms with Gasteiger partial charge in [-0.3, -0.25) is 0 Å². The molecule has 3 heteroatoms. The number of hydrogen-bond donors (Lipinski definition) is 1.